The largest absolute Gasteiger partial charge is 0.469 e. The summed E-state index contributed by atoms with van der Waals surface area (Å²) in [6, 6.07) is 10.3. The molecule has 4 aliphatic rings. The van der Waals surface area contributed by atoms with Gasteiger partial charge in [0.2, 0.25) is 0 Å². The molecule has 6 rings (SSSR count). The summed E-state index contributed by atoms with van der Waals surface area (Å²) in [5.41, 5.74) is 1.89. The molecule has 1 aromatic carbocycles. The summed E-state index contributed by atoms with van der Waals surface area (Å²) in [4.78, 5) is 36.0. The Labute approximate surface area is 220 Å². The fourth-order valence-electron chi connectivity index (χ4n) is 7.93. The van der Waals surface area contributed by atoms with E-state index in [0.717, 1.165) is 29.9 Å². The number of hydrogen-bond donors (Lipinski definition) is 0. The Kier molecular flexibility index (Phi) is 7.24. The van der Waals surface area contributed by atoms with E-state index in [1.54, 1.807) is 0 Å². The highest BCUT2D eigenvalue weighted by Crippen LogP contribution is 2.44. The van der Waals surface area contributed by atoms with Crippen molar-refractivity contribution >= 4 is 22.8 Å². The van der Waals surface area contributed by atoms with Gasteiger partial charge in [-0.25, -0.2) is 4.98 Å². The van der Waals surface area contributed by atoms with Crippen LogP contribution in [0.25, 0.3) is 11.0 Å². The summed E-state index contributed by atoms with van der Waals surface area (Å²) in [7, 11) is 1.45. The first kappa shape index (κ1) is 24.9. The SMILES string of the molecule is COC(=O)C1CCN(c2nc3ccccc3n(C3CC4CCC(C3)N4C3CCCCCCC3)c2=O)CC1. The first-order valence-electron chi connectivity index (χ1n) is 14.8. The van der Waals surface area contributed by atoms with E-state index in [4.69, 9.17) is 9.72 Å². The number of nitrogens with zero attached hydrogens (tertiary/aromatic N) is 4. The highest BCUT2D eigenvalue weighted by atomic mass is 16.5. The van der Waals surface area contributed by atoms with Crippen molar-refractivity contribution in [1.29, 1.82) is 0 Å². The molecule has 0 radical (unpaired) electrons. The molecule has 200 valence electrons. The van der Waals surface area contributed by atoms with Crippen LogP contribution in [0.2, 0.25) is 0 Å². The van der Waals surface area contributed by atoms with E-state index < -0.39 is 0 Å². The highest BCUT2D eigenvalue weighted by Gasteiger charge is 2.44. The predicted molar refractivity (Wildman–Crippen MR) is 146 cm³/mol. The first-order valence-corrected chi connectivity index (χ1v) is 14.8. The summed E-state index contributed by atoms with van der Waals surface area (Å²) in [6.45, 7) is 1.32. The quantitative estimate of drug-likeness (QED) is 0.540. The molecule has 37 heavy (non-hydrogen) atoms. The van der Waals surface area contributed by atoms with Gasteiger partial charge < -0.3 is 14.2 Å². The van der Waals surface area contributed by atoms with Gasteiger partial charge in [0.15, 0.2) is 5.82 Å². The van der Waals surface area contributed by atoms with Crippen LogP contribution in [0.15, 0.2) is 29.1 Å². The second kappa shape index (κ2) is 10.8. The molecule has 7 heteroatoms. The maximum absolute atomic E-state index is 14.1. The number of hydrogen-bond acceptors (Lipinski definition) is 6. The number of para-hydroxylation sites is 2. The molecular weight excluding hydrogens is 464 g/mol. The molecule has 2 bridgehead atoms. The Hall–Kier alpha value is -2.41. The number of anilines is 1. The molecule has 2 aromatic rings. The average molecular weight is 507 g/mol. The van der Waals surface area contributed by atoms with Gasteiger partial charge in [-0.05, 0) is 63.5 Å². The summed E-state index contributed by atoms with van der Waals surface area (Å²) >= 11 is 0. The first-order chi connectivity index (χ1) is 18.1. The molecule has 4 heterocycles. The van der Waals surface area contributed by atoms with Gasteiger partial charge in [-0.1, -0.05) is 44.2 Å². The van der Waals surface area contributed by atoms with Crippen LogP contribution in [0.5, 0.6) is 0 Å². The summed E-state index contributed by atoms with van der Waals surface area (Å²) in [5.74, 6) is 0.323. The fraction of sp³-hybridized carbons (Fsp3) is 0.700. The Balaban J connectivity index is 1.28. The number of benzene rings is 1. The van der Waals surface area contributed by atoms with Crippen LogP contribution < -0.4 is 10.5 Å². The van der Waals surface area contributed by atoms with E-state index in [-0.39, 0.29) is 23.5 Å². The van der Waals surface area contributed by atoms with Gasteiger partial charge in [0, 0.05) is 37.3 Å². The second-order valence-corrected chi connectivity index (χ2v) is 11.8. The van der Waals surface area contributed by atoms with Crippen molar-refractivity contribution in [3.05, 3.63) is 34.6 Å². The smallest absolute Gasteiger partial charge is 0.308 e. The topological polar surface area (TPSA) is 67.7 Å². The van der Waals surface area contributed by atoms with E-state index in [0.29, 0.717) is 43.8 Å². The van der Waals surface area contributed by atoms with E-state index >= 15 is 0 Å². The molecule has 4 fully saturated rings. The number of carbonyl (C=O) groups is 1. The standard InChI is InChI=1S/C30H42N4O3/c1-37-30(36)21-15-17-32(18-16-21)28-29(35)34(27-12-8-7-11-26(27)31-28)25-19-23-13-14-24(20-25)33(23)22-9-5-3-2-4-6-10-22/h7-8,11-12,21-25H,2-6,9-10,13-20H2,1H3. The normalized spacial score (nSPS) is 28.2. The zero-order valence-corrected chi connectivity index (χ0v) is 22.3. The van der Waals surface area contributed by atoms with Crippen molar-refractivity contribution in [1.82, 2.24) is 14.5 Å². The van der Waals surface area contributed by atoms with Crippen molar-refractivity contribution in [2.45, 2.75) is 108 Å². The lowest BCUT2D eigenvalue weighted by atomic mass is 9.89. The van der Waals surface area contributed by atoms with E-state index in [9.17, 15) is 9.59 Å². The average Bonchev–Trinajstić information content (AvgIpc) is 3.16. The van der Waals surface area contributed by atoms with Crippen LogP contribution in [0.4, 0.5) is 5.82 Å². The van der Waals surface area contributed by atoms with Crippen LogP contribution in [-0.4, -0.2) is 58.7 Å². The van der Waals surface area contributed by atoms with Gasteiger partial charge in [-0.2, -0.15) is 0 Å². The van der Waals surface area contributed by atoms with Gasteiger partial charge >= 0.3 is 5.97 Å². The number of esters is 1. The zero-order valence-electron chi connectivity index (χ0n) is 22.3. The number of aromatic nitrogens is 2. The molecular formula is C30H42N4O3. The number of methoxy groups -OCH3 is 1. The van der Waals surface area contributed by atoms with Crippen LogP contribution in [0.1, 0.15) is 89.5 Å². The van der Waals surface area contributed by atoms with E-state index in [1.807, 2.05) is 18.2 Å². The van der Waals surface area contributed by atoms with Crippen molar-refractivity contribution in [2.24, 2.45) is 5.92 Å². The van der Waals surface area contributed by atoms with Crippen LogP contribution >= 0.6 is 0 Å². The van der Waals surface area contributed by atoms with Crippen LogP contribution in [-0.2, 0) is 9.53 Å². The summed E-state index contributed by atoms with van der Waals surface area (Å²) in [6.07, 6.45) is 15.7. The van der Waals surface area contributed by atoms with Gasteiger partial charge in [0.25, 0.3) is 5.56 Å². The lowest BCUT2D eigenvalue weighted by Crippen LogP contribution is -2.50. The second-order valence-electron chi connectivity index (χ2n) is 11.8. The number of fused-ring (bicyclic) bond motifs is 3. The third-order valence-electron chi connectivity index (χ3n) is 9.73. The highest BCUT2D eigenvalue weighted by molar-refractivity contribution is 5.77. The lowest BCUT2D eigenvalue weighted by molar-refractivity contribution is -0.146. The molecule has 2 unspecified atom stereocenters. The van der Waals surface area contributed by atoms with Crippen molar-refractivity contribution in [3.8, 4) is 0 Å². The zero-order chi connectivity index (χ0) is 25.4. The van der Waals surface area contributed by atoms with Gasteiger partial charge in [0.05, 0.1) is 24.1 Å². The van der Waals surface area contributed by atoms with Crippen molar-refractivity contribution < 1.29 is 9.53 Å². The van der Waals surface area contributed by atoms with E-state index in [2.05, 4.69) is 20.4 Å². The minimum Gasteiger partial charge on any atom is -0.469 e. The molecule has 1 aromatic heterocycles. The van der Waals surface area contributed by atoms with Gasteiger partial charge in [-0.3, -0.25) is 14.5 Å². The summed E-state index contributed by atoms with van der Waals surface area (Å²) in [5, 5.41) is 0. The Morgan fingerprint density at radius 1 is 0.838 bits per heavy atom. The van der Waals surface area contributed by atoms with Gasteiger partial charge in [0.1, 0.15) is 0 Å². The number of piperidine rings is 2. The third-order valence-corrected chi connectivity index (χ3v) is 9.73. The van der Waals surface area contributed by atoms with Crippen molar-refractivity contribution in [2.75, 3.05) is 25.1 Å². The fourth-order valence-corrected chi connectivity index (χ4v) is 7.93. The van der Waals surface area contributed by atoms with Crippen molar-refractivity contribution in [3.63, 3.8) is 0 Å². The third kappa shape index (κ3) is 4.80. The molecule has 3 saturated heterocycles. The molecule has 1 aliphatic carbocycles. The van der Waals surface area contributed by atoms with Gasteiger partial charge in [-0.15, -0.1) is 0 Å². The Morgan fingerprint density at radius 3 is 2.16 bits per heavy atom. The Bertz CT molecular complexity index is 1150. The molecule has 3 aliphatic heterocycles. The van der Waals surface area contributed by atoms with Crippen LogP contribution in [0, 0.1) is 5.92 Å². The lowest BCUT2D eigenvalue weighted by Gasteiger charge is -2.45. The number of carbonyl (C=O) groups excluding carboxylic acids is 1. The maximum atomic E-state index is 14.1. The molecule has 2 atom stereocenters. The minimum atomic E-state index is -0.143. The molecule has 7 nitrogen and oxygen atoms in total. The molecule has 0 amide bonds. The maximum Gasteiger partial charge on any atom is 0.308 e. The molecule has 0 N–H and O–H groups in total. The minimum absolute atomic E-state index is 0.0408. The Morgan fingerprint density at radius 2 is 1.49 bits per heavy atom. The van der Waals surface area contributed by atoms with Crippen LogP contribution in [0.3, 0.4) is 0 Å². The van der Waals surface area contributed by atoms with E-state index in [1.165, 1.54) is 64.9 Å². The molecule has 1 saturated carbocycles. The number of ether oxygens (including phenoxy) is 1. The predicted octanol–water partition coefficient (Wildman–Crippen LogP) is 5.07. The summed E-state index contributed by atoms with van der Waals surface area (Å²) < 4.78 is 7.06. The monoisotopic (exact) mass is 506 g/mol. The molecule has 0 spiro atoms. The number of rotatable bonds is 4.